The SMILES string of the molecule is O=C(CCc1ccsc1)Nc1cccc2cn[nH]c12. The minimum Gasteiger partial charge on any atom is -0.324 e. The van der Waals surface area contributed by atoms with Gasteiger partial charge in [0.15, 0.2) is 0 Å². The number of thiophene rings is 1. The number of nitrogens with zero attached hydrogens (tertiary/aromatic N) is 1. The Morgan fingerprint density at radius 3 is 3.16 bits per heavy atom. The van der Waals surface area contributed by atoms with Crippen molar-refractivity contribution in [2.75, 3.05) is 5.32 Å². The molecule has 2 aromatic heterocycles. The van der Waals surface area contributed by atoms with Gasteiger partial charge in [-0.05, 0) is 34.9 Å². The fraction of sp³-hybridized carbons (Fsp3) is 0.143. The van der Waals surface area contributed by atoms with Crippen molar-refractivity contribution in [2.45, 2.75) is 12.8 Å². The van der Waals surface area contributed by atoms with Crippen molar-refractivity contribution in [2.24, 2.45) is 0 Å². The average Bonchev–Trinajstić information content (AvgIpc) is 3.08. The molecule has 0 aliphatic carbocycles. The van der Waals surface area contributed by atoms with Crippen LogP contribution in [0.1, 0.15) is 12.0 Å². The van der Waals surface area contributed by atoms with E-state index in [0.717, 1.165) is 23.0 Å². The number of aryl methyl sites for hydroxylation is 1. The first-order valence-corrected chi connectivity index (χ1v) is 7.00. The normalized spacial score (nSPS) is 10.7. The van der Waals surface area contributed by atoms with E-state index in [1.165, 1.54) is 5.56 Å². The van der Waals surface area contributed by atoms with E-state index in [1.807, 2.05) is 29.6 Å². The Labute approximate surface area is 114 Å². The zero-order chi connectivity index (χ0) is 13.1. The van der Waals surface area contributed by atoms with Crippen molar-refractivity contribution in [3.05, 3.63) is 46.8 Å². The molecule has 5 heteroatoms. The predicted molar refractivity (Wildman–Crippen MR) is 77.4 cm³/mol. The third-order valence-electron chi connectivity index (χ3n) is 2.97. The molecule has 0 radical (unpaired) electrons. The highest BCUT2D eigenvalue weighted by Crippen LogP contribution is 2.20. The van der Waals surface area contributed by atoms with Gasteiger partial charge >= 0.3 is 0 Å². The van der Waals surface area contributed by atoms with Crippen LogP contribution in [0.3, 0.4) is 0 Å². The van der Waals surface area contributed by atoms with E-state index >= 15 is 0 Å². The Kier molecular flexibility index (Phi) is 3.29. The molecule has 0 saturated heterocycles. The molecule has 19 heavy (non-hydrogen) atoms. The van der Waals surface area contributed by atoms with Crippen LogP contribution >= 0.6 is 11.3 Å². The molecule has 4 nitrogen and oxygen atoms in total. The standard InChI is InChI=1S/C14H13N3OS/c18-13(5-4-10-6-7-19-9-10)16-12-3-1-2-11-8-15-17-14(11)12/h1-3,6-9H,4-5H2,(H,15,17)(H,16,18). The van der Waals surface area contributed by atoms with Crippen LogP contribution in [-0.2, 0) is 11.2 Å². The van der Waals surface area contributed by atoms with Crippen LogP contribution < -0.4 is 5.32 Å². The molecule has 0 spiro atoms. The van der Waals surface area contributed by atoms with E-state index in [1.54, 1.807) is 17.5 Å². The number of anilines is 1. The first kappa shape index (κ1) is 11.9. The van der Waals surface area contributed by atoms with Gasteiger partial charge in [-0.3, -0.25) is 9.89 Å². The molecule has 1 amide bonds. The highest BCUT2D eigenvalue weighted by molar-refractivity contribution is 7.07. The minimum absolute atomic E-state index is 0.0216. The number of rotatable bonds is 4. The monoisotopic (exact) mass is 271 g/mol. The maximum absolute atomic E-state index is 11.9. The van der Waals surface area contributed by atoms with Crippen LogP contribution in [0, 0.1) is 0 Å². The van der Waals surface area contributed by atoms with Crippen LogP contribution in [0.25, 0.3) is 10.9 Å². The molecule has 0 aliphatic rings. The lowest BCUT2D eigenvalue weighted by Gasteiger charge is -2.05. The van der Waals surface area contributed by atoms with Gasteiger partial charge in [0.2, 0.25) is 5.91 Å². The van der Waals surface area contributed by atoms with E-state index in [9.17, 15) is 4.79 Å². The van der Waals surface area contributed by atoms with Crippen molar-refractivity contribution in [3.8, 4) is 0 Å². The molecule has 0 aliphatic heterocycles. The predicted octanol–water partition coefficient (Wildman–Crippen LogP) is 3.20. The van der Waals surface area contributed by atoms with Gasteiger partial charge in [0, 0.05) is 11.8 Å². The topological polar surface area (TPSA) is 57.8 Å². The number of nitrogens with one attached hydrogen (secondary N) is 2. The first-order valence-electron chi connectivity index (χ1n) is 6.06. The highest BCUT2D eigenvalue weighted by atomic mass is 32.1. The average molecular weight is 271 g/mol. The zero-order valence-corrected chi connectivity index (χ0v) is 11.0. The first-order chi connectivity index (χ1) is 9.33. The summed E-state index contributed by atoms with van der Waals surface area (Å²) in [7, 11) is 0. The van der Waals surface area contributed by atoms with Crippen molar-refractivity contribution in [1.29, 1.82) is 0 Å². The van der Waals surface area contributed by atoms with Gasteiger partial charge in [0.1, 0.15) is 0 Å². The largest absolute Gasteiger partial charge is 0.324 e. The van der Waals surface area contributed by atoms with Crippen molar-refractivity contribution >= 4 is 33.8 Å². The summed E-state index contributed by atoms with van der Waals surface area (Å²) in [5.74, 6) is 0.0216. The summed E-state index contributed by atoms with van der Waals surface area (Å²) in [4.78, 5) is 11.9. The van der Waals surface area contributed by atoms with Crippen molar-refractivity contribution in [3.63, 3.8) is 0 Å². The molecule has 0 saturated carbocycles. The van der Waals surface area contributed by atoms with E-state index < -0.39 is 0 Å². The zero-order valence-electron chi connectivity index (χ0n) is 10.2. The Hall–Kier alpha value is -2.14. The van der Waals surface area contributed by atoms with E-state index in [-0.39, 0.29) is 5.91 Å². The fourth-order valence-corrected chi connectivity index (χ4v) is 2.68. The lowest BCUT2D eigenvalue weighted by atomic mass is 10.2. The Bertz CT molecular complexity index is 688. The molecule has 0 bridgehead atoms. The molecule has 2 heterocycles. The number of amides is 1. The molecule has 3 aromatic rings. The molecule has 3 rings (SSSR count). The van der Waals surface area contributed by atoms with Crippen LogP contribution in [-0.4, -0.2) is 16.1 Å². The van der Waals surface area contributed by atoms with Gasteiger partial charge in [0.05, 0.1) is 17.4 Å². The van der Waals surface area contributed by atoms with E-state index in [0.29, 0.717) is 6.42 Å². The fourth-order valence-electron chi connectivity index (χ4n) is 1.98. The molecular formula is C14H13N3OS. The van der Waals surface area contributed by atoms with E-state index in [2.05, 4.69) is 20.9 Å². The molecule has 96 valence electrons. The Balaban J connectivity index is 1.67. The van der Waals surface area contributed by atoms with Gasteiger partial charge in [0.25, 0.3) is 0 Å². The number of para-hydroxylation sites is 1. The smallest absolute Gasteiger partial charge is 0.224 e. The number of aromatic nitrogens is 2. The maximum atomic E-state index is 11.9. The summed E-state index contributed by atoms with van der Waals surface area (Å²) in [5, 5.41) is 14.9. The summed E-state index contributed by atoms with van der Waals surface area (Å²) in [6.07, 6.45) is 3.01. The number of H-pyrrole nitrogens is 1. The third kappa shape index (κ3) is 2.66. The maximum Gasteiger partial charge on any atom is 0.224 e. The van der Waals surface area contributed by atoms with Crippen LogP contribution in [0.4, 0.5) is 5.69 Å². The van der Waals surface area contributed by atoms with Gasteiger partial charge in [-0.15, -0.1) is 0 Å². The quantitative estimate of drug-likeness (QED) is 0.765. The number of hydrogen-bond acceptors (Lipinski definition) is 3. The molecule has 2 N–H and O–H groups in total. The Morgan fingerprint density at radius 1 is 1.37 bits per heavy atom. The summed E-state index contributed by atoms with van der Waals surface area (Å²) in [6, 6.07) is 7.79. The molecular weight excluding hydrogens is 258 g/mol. The second-order valence-corrected chi connectivity index (χ2v) is 5.10. The summed E-state index contributed by atoms with van der Waals surface area (Å²) in [6.45, 7) is 0. The van der Waals surface area contributed by atoms with Gasteiger partial charge in [-0.1, -0.05) is 12.1 Å². The van der Waals surface area contributed by atoms with Crippen LogP contribution in [0.5, 0.6) is 0 Å². The van der Waals surface area contributed by atoms with Gasteiger partial charge in [-0.25, -0.2) is 0 Å². The molecule has 0 atom stereocenters. The number of hydrogen-bond donors (Lipinski definition) is 2. The van der Waals surface area contributed by atoms with Gasteiger partial charge < -0.3 is 5.32 Å². The van der Waals surface area contributed by atoms with Gasteiger partial charge in [-0.2, -0.15) is 16.4 Å². The Morgan fingerprint density at radius 2 is 2.32 bits per heavy atom. The molecule has 1 aromatic carbocycles. The number of fused-ring (bicyclic) bond motifs is 1. The summed E-state index contributed by atoms with van der Waals surface area (Å²) >= 11 is 1.65. The molecule has 0 unspecified atom stereocenters. The molecule has 0 fully saturated rings. The lowest BCUT2D eigenvalue weighted by Crippen LogP contribution is -2.12. The van der Waals surface area contributed by atoms with Crippen LogP contribution in [0.2, 0.25) is 0 Å². The number of aromatic amines is 1. The number of benzene rings is 1. The van der Waals surface area contributed by atoms with Crippen molar-refractivity contribution in [1.82, 2.24) is 10.2 Å². The van der Waals surface area contributed by atoms with E-state index in [4.69, 9.17) is 0 Å². The third-order valence-corrected chi connectivity index (χ3v) is 3.70. The second-order valence-electron chi connectivity index (χ2n) is 4.32. The number of carbonyl (C=O) groups is 1. The second kappa shape index (κ2) is 5.24. The number of carbonyl (C=O) groups excluding carboxylic acids is 1. The van der Waals surface area contributed by atoms with Crippen molar-refractivity contribution < 1.29 is 4.79 Å². The highest BCUT2D eigenvalue weighted by Gasteiger charge is 2.07. The summed E-state index contributed by atoms with van der Waals surface area (Å²) in [5.41, 5.74) is 2.86. The van der Waals surface area contributed by atoms with Crippen LogP contribution in [0.15, 0.2) is 41.2 Å². The summed E-state index contributed by atoms with van der Waals surface area (Å²) < 4.78 is 0. The minimum atomic E-state index is 0.0216. The lowest BCUT2D eigenvalue weighted by molar-refractivity contribution is -0.116.